The molecular formula is C20H34O. The summed E-state index contributed by atoms with van der Waals surface area (Å²) in [6.45, 7) is 2.20. The van der Waals surface area contributed by atoms with E-state index in [-0.39, 0.29) is 0 Å². The minimum Gasteiger partial charge on any atom is -0.469 e. The molecule has 1 heterocycles. The average Bonchev–Trinajstić information content (AvgIpc) is 3.01. The SMILES string of the molecule is CCC=CCCCCCCCCCCCCc1ccco1. The molecule has 0 fully saturated rings. The van der Waals surface area contributed by atoms with E-state index in [1.807, 2.05) is 6.07 Å². The van der Waals surface area contributed by atoms with E-state index < -0.39 is 0 Å². The molecule has 0 N–H and O–H groups in total. The second-order valence-corrected chi connectivity index (χ2v) is 6.03. The summed E-state index contributed by atoms with van der Waals surface area (Å²) in [5.41, 5.74) is 0. The van der Waals surface area contributed by atoms with Crippen molar-refractivity contribution in [2.75, 3.05) is 0 Å². The van der Waals surface area contributed by atoms with Crippen molar-refractivity contribution in [3.05, 3.63) is 36.3 Å². The van der Waals surface area contributed by atoms with Crippen LogP contribution in [0.15, 0.2) is 35.0 Å². The number of rotatable bonds is 14. The molecule has 1 heteroatoms. The molecule has 0 aromatic carbocycles. The van der Waals surface area contributed by atoms with Crippen molar-refractivity contribution in [1.29, 1.82) is 0 Å². The van der Waals surface area contributed by atoms with Gasteiger partial charge in [-0.15, -0.1) is 0 Å². The average molecular weight is 290 g/mol. The van der Waals surface area contributed by atoms with Crippen molar-refractivity contribution in [3.8, 4) is 0 Å². The van der Waals surface area contributed by atoms with E-state index in [2.05, 4.69) is 25.1 Å². The summed E-state index contributed by atoms with van der Waals surface area (Å²) in [6, 6.07) is 4.06. The third-order valence-corrected chi connectivity index (χ3v) is 4.03. The Hall–Kier alpha value is -0.980. The molecule has 1 rings (SSSR count). The molecular weight excluding hydrogens is 256 g/mol. The van der Waals surface area contributed by atoms with Crippen LogP contribution >= 0.6 is 0 Å². The summed E-state index contributed by atoms with van der Waals surface area (Å²) < 4.78 is 5.34. The van der Waals surface area contributed by atoms with Gasteiger partial charge in [0.2, 0.25) is 0 Å². The molecule has 1 aromatic heterocycles. The number of furan rings is 1. The van der Waals surface area contributed by atoms with Crippen LogP contribution in [0.25, 0.3) is 0 Å². The Morgan fingerprint density at radius 2 is 1.43 bits per heavy atom. The fourth-order valence-corrected chi connectivity index (χ4v) is 2.71. The topological polar surface area (TPSA) is 13.1 Å². The van der Waals surface area contributed by atoms with Crippen LogP contribution < -0.4 is 0 Å². The molecule has 0 atom stereocenters. The van der Waals surface area contributed by atoms with Crippen molar-refractivity contribution in [1.82, 2.24) is 0 Å². The number of hydrogen-bond acceptors (Lipinski definition) is 1. The lowest BCUT2D eigenvalue weighted by molar-refractivity contribution is 0.489. The van der Waals surface area contributed by atoms with Crippen LogP contribution in [0.1, 0.15) is 89.7 Å². The number of hydrogen-bond donors (Lipinski definition) is 0. The Labute approximate surface area is 131 Å². The molecule has 0 aliphatic carbocycles. The predicted octanol–water partition coefficient (Wildman–Crippen LogP) is 7.08. The maximum Gasteiger partial charge on any atom is 0.103 e. The quantitative estimate of drug-likeness (QED) is 0.263. The van der Waals surface area contributed by atoms with E-state index in [0.29, 0.717) is 0 Å². The van der Waals surface area contributed by atoms with Gasteiger partial charge >= 0.3 is 0 Å². The van der Waals surface area contributed by atoms with Crippen LogP contribution in [-0.2, 0) is 6.42 Å². The fraction of sp³-hybridized carbons (Fsp3) is 0.700. The van der Waals surface area contributed by atoms with Crippen LogP contribution in [0.2, 0.25) is 0 Å². The van der Waals surface area contributed by atoms with Gasteiger partial charge in [0.25, 0.3) is 0 Å². The molecule has 0 aliphatic rings. The number of aryl methyl sites for hydroxylation is 1. The molecule has 0 saturated carbocycles. The maximum atomic E-state index is 5.34. The third kappa shape index (κ3) is 11.4. The zero-order valence-corrected chi connectivity index (χ0v) is 14.0. The monoisotopic (exact) mass is 290 g/mol. The van der Waals surface area contributed by atoms with Gasteiger partial charge < -0.3 is 4.42 Å². The van der Waals surface area contributed by atoms with Gasteiger partial charge in [-0.1, -0.05) is 70.4 Å². The highest BCUT2D eigenvalue weighted by atomic mass is 16.3. The summed E-state index contributed by atoms with van der Waals surface area (Å²) in [6.07, 6.45) is 23.9. The molecule has 120 valence electrons. The molecule has 1 aromatic rings. The van der Waals surface area contributed by atoms with E-state index in [1.165, 1.54) is 77.0 Å². The highest BCUT2D eigenvalue weighted by molar-refractivity contribution is 4.97. The molecule has 1 nitrogen and oxygen atoms in total. The van der Waals surface area contributed by atoms with E-state index in [4.69, 9.17) is 4.42 Å². The summed E-state index contributed by atoms with van der Waals surface area (Å²) in [7, 11) is 0. The van der Waals surface area contributed by atoms with E-state index in [9.17, 15) is 0 Å². The molecule has 0 unspecified atom stereocenters. The number of unbranched alkanes of at least 4 members (excludes halogenated alkanes) is 10. The molecule has 0 saturated heterocycles. The van der Waals surface area contributed by atoms with E-state index in [1.54, 1.807) is 6.26 Å². The minimum atomic E-state index is 1.11. The Balaban J connectivity index is 1.72. The number of allylic oxidation sites excluding steroid dienone is 2. The van der Waals surface area contributed by atoms with Gasteiger partial charge in [0.15, 0.2) is 0 Å². The molecule has 0 spiro atoms. The summed E-state index contributed by atoms with van der Waals surface area (Å²) in [5.74, 6) is 1.14. The molecule has 0 aliphatic heterocycles. The van der Waals surface area contributed by atoms with Gasteiger partial charge in [-0.2, -0.15) is 0 Å². The van der Waals surface area contributed by atoms with Gasteiger partial charge in [-0.25, -0.2) is 0 Å². The minimum absolute atomic E-state index is 1.11. The maximum absolute atomic E-state index is 5.34. The summed E-state index contributed by atoms with van der Waals surface area (Å²) >= 11 is 0. The zero-order valence-electron chi connectivity index (χ0n) is 14.0. The first-order valence-corrected chi connectivity index (χ1v) is 9.11. The zero-order chi connectivity index (χ0) is 15.0. The van der Waals surface area contributed by atoms with Gasteiger partial charge in [0.05, 0.1) is 6.26 Å². The fourth-order valence-electron chi connectivity index (χ4n) is 2.71. The lowest BCUT2D eigenvalue weighted by Gasteiger charge is -2.02. The molecule has 0 radical (unpaired) electrons. The van der Waals surface area contributed by atoms with E-state index in [0.717, 1.165) is 12.2 Å². The van der Waals surface area contributed by atoms with Crippen molar-refractivity contribution < 1.29 is 4.42 Å². The van der Waals surface area contributed by atoms with Gasteiger partial charge in [-0.3, -0.25) is 0 Å². The second kappa shape index (κ2) is 14.0. The van der Waals surface area contributed by atoms with Crippen molar-refractivity contribution in [2.45, 2.75) is 90.4 Å². The van der Waals surface area contributed by atoms with Crippen LogP contribution in [0.3, 0.4) is 0 Å². The van der Waals surface area contributed by atoms with Crippen LogP contribution in [0.4, 0.5) is 0 Å². The molecule has 21 heavy (non-hydrogen) atoms. The van der Waals surface area contributed by atoms with Crippen LogP contribution in [0.5, 0.6) is 0 Å². The molecule has 0 bridgehead atoms. The van der Waals surface area contributed by atoms with Crippen LogP contribution in [0, 0.1) is 0 Å². The Kier molecular flexibility index (Phi) is 12.0. The van der Waals surface area contributed by atoms with Gasteiger partial charge in [0.1, 0.15) is 5.76 Å². The lowest BCUT2D eigenvalue weighted by atomic mass is 10.0. The Morgan fingerprint density at radius 3 is 2.00 bits per heavy atom. The largest absolute Gasteiger partial charge is 0.469 e. The summed E-state index contributed by atoms with van der Waals surface area (Å²) in [5, 5.41) is 0. The van der Waals surface area contributed by atoms with Crippen LogP contribution in [-0.4, -0.2) is 0 Å². The summed E-state index contributed by atoms with van der Waals surface area (Å²) in [4.78, 5) is 0. The molecule has 0 amide bonds. The first kappa shape index (κ1) is 18.1. The predicted molar refractivity (Wildman–Crippen MR) is 92.6 cm³/mol. The third-order valence-electron chi connectivity index (χ3n) is 4.03. The normalized spacial score (nSPS) is 11.5. The van der Waals surface area contributed by atoms with Crippen molar-refractivity contribution in [3.63, 3.8) is 0 Å². The first-order valence-electron chi connectivity index (χ1n) is 9.11. The van der Waals surface area contributed by atoms with Crippen molar-refractivity contribution in [2.24, 2.45) is 0 Å². The van der Waals surface area contributed by atoms with Crippen molar-refractivity contribution >= 4 is 0 Å². The van der Waals surface area contributed by atoms with E-state index >= 15 is 0 Å². The highest BCUT2D eigenvalue weighted by Crippen LogP contribution is 2.13. The standard InChI is InChI=1S/C20H34O/c1-2-3-4-5-6-7-8-9-10-11-12-13-14-15-17-20-18-16-19-21-20/h3-4,16,18-19H,2,5-15,17H2,1H3. The smallest absolute Gasteiger partial charge is 0.103 e. The Morgan fingerprint density at radius 1 is 0.810 bits per heavy atom. The van der Waals surface area contributed by atoms with Gasteiger partial charge in [-0.05, 0) is 37.8 Å². The lowest BCUT2D eigenvalue weighted by Crippen LogP contribution is -1.84. The first-order chi connectivity index (χ1) is 10.4. The Bertz CT molecular complexity index is 324. The highest BCUT2D eigenvalue weighted by Gasteiger charge is 1.96. The second-order valence-electron chi connectivity index (χ2n) is 6.03. The van der Waals surface area contributed by atoms with Gasteiger partial charge in [0, 0.05) is 6.42 Å².